The van der Waals surface area contributed by atoms with Crippen LogP contribution in [0.25, 0.3) is 0 Å². The summed E-state index contributed by atoms with van der Waals surface area (Å²) in [6.07, 6.45) is 4.10. The standard InChI is InChI=1S/2C3H9NS/c2*1-5-3-2-4/h2*2-4H2,1H3. The first-order chi connectivity index (χ1) is 4.83. The molecule has 4 heteroatoms. The maximum atomic E-state index is 5.12. The molecule has 0 unspecified atom stereocenters. The monoisotopic (exact) mass is 182 g/mol. The van der Waals surface area contributed by atoms with Crippen LogP contribution in [0.5, 0.6) is 0 Å². The normalized spacial score (nSPS) is 8.40. The largest absolute Gasteiger partial charge is 0.330 e. The zero-order valence-corrected chi connectivity index (χ0v) is 8.43. The van der Waals surface area contributed by atoms with Gasteiger partial charge in [-0.3, -0.25) is 0 Å². The van der Waals surface area contributed by atoms with Crippen LogP contribution in [-0.4, -0.2) is 37.1 Å². The lowest BCUT2D eigenvalue weighted by Crippen LogP contribution is -1.99. The molecule has 0 saturated heterocycles. The SMILES string of the molecule is CSCCN.CSCCN. The predicted octanol–water partition coefficient (Wildman–Crippen LogP) is 0.616. The average molecular weight is 182 g/mol. The van der Waals surface area contributed by atoms with Crippen LogP contribution in [-0.2, 0) is 0 Å². The summed E-state index contributed by atoms with van der Waals surface area (Å²) >= 11 is 3.55. The van der Waals surface area contributed by atoms with Gasteiger partial charge in [0, 0.05) is 24.6 Å². The van der Waals surface area contributed by atoms with E-state index in [0.717, 1.165) is 24.6 Å². The molecular formula is C6H18N2S2. The van der Waals surface area contributed by atoms with E-state index >= 15 is 0 Å². The summed E-state index contributed by atoms with van der Waals surface area (Å²) in [6.45, 7) is 1.61. The van der Waals surface area contributed by atoms with E-state index in [4.69, 9.17) is 11.5 Å². The predicted molar refractivity (Wildman–Crippen MR) is 54.9 cm³/mol. The minimum Gasteiger partial charge on any atom is -0.330 e. The molecule has 0 aromatic carbocycles. The third-order valence-corrected chi connectivity index (χ3v) is 1.93. The highest BCUT2D eigenvalue weighted by Crippen LogP contribution is 1.84. The molecule has 0 amide bonds. The molecule has 0 aromatic heterocycles. The van der Waals surface area contributed by atoms with Crippen molar-refractivity contribution in [1.29, 1.82) is 0 Å². The van der Waals surface area contributed by atoms with Crippen LogP contribution in [0, 0.1) is 0 Å². The number of hydrogen-bond acceptors (Lipinski definition) is 4. The van der Waals surface area contributed by atoms with Crippen LogP contribution in [0.1, 0.15) is 0 Å². The van der Waals surface area contributed by atoms with Gasteiger partial charge in [-0.05, 0) is 12.5 Å². The first-order valence-corrected chi connectivity index (χ1v) is 6.00. The van der Waals surface area contributed by atoms with Crippen molar-refractivity contribution >= 4 is 23.5 Å². The number of hydrogen-bond donors (Lipinski definition) is 2. The average Bonchev–Trinajstić information content (AvgIpc) is 1.93. The minimum atomic E-state index is 0.807. The third kappa shape index (κ3) is 23.4. The second-order valence-electron chi connectivity index (χ2n) is 1.56. The Morgan fingerprint density at radius 1 is 0.900 bits per heavy atom. The number of rotatable bonds is 4. The van der Waals surface area contributed by atoms with E-state index < -0.39 is 0 Å². The van der Waals surface area contributed by atoms with E-state index in [-0.39, 0.29) is 0 Å². The number of thioether (sulfide) groups is 2. The van der Waals surface area contributed by atoms with Gasteiger partial charge < -0.3 is 11.5 Å². The van der Waals surface area contributed by atoms with Gasteiger partial charge in [0.1, 0.15) is 0 Å². The summed E-state index contributed by atoms with van der Waals surface area (Å²) in [6, 6.07) is 0. The molecule has 10 heavy (non-hydrogen) atoms. The second-order valence-corrected chi connectivity index (χ2v) is 3.53. The highest BCUT2D eigenvalue weighted by molar-refractivity contribution is 7.98. The Kier molecular flexibility index (Phi) is 21.6. The first kappa shape index (κ1) is 13.2. The molecule has 0 atom stereocenters. The maximum absolute atomic E-state index is 5.12. The molecule has 0 bridgehead atoms. The Bertz CT molecular complexity index is 34.7. The lowest BCUT2D eigenvalue weighted by atomic mass is 10.8. The summed E-state index contributed by atoms with van der Waals surface area (Å²) in [5.41, 5.74) is 10.2. The van der Waals surface area contributed by atoms with Crippen LogP contribution in [0.2, 0.25) is 0 Å². The van der Waals surface area contributed by atoms with Crippen molar-refractivity contribution in [2.45, 2.75) is 0 Å². The second kappa shape index (κ2) is 16.3. The summed E-state index contributed by atoms with van der Waals surface area (Å²) in [7, 11) is 0. The molecule has 0 aromatic rings. The molecule has 0 fully saturated rings. The fraction of sp³-hybridized carbons (Fsp3) is 1.00. The summed E-state index contributed by atoms with van der Waals surface area (Å²) in [4.78, 5) is 0. The lowest BCUT2D eigenvalue weighted by Gasteiger charge is -1.80. The molecule has 4 N–H and O–H groups in total. The summed E-state index contributed by atoms with van der Waals surface area (Å²) in [5, 5.41) is 0. The quantitative estimate of drug-likeness (QED) is 0.669. The molecular weight excluding hydrogens is 164 g/mol. The maximum Gasteiger partial charge on any atom is 0.00530 e. The van der Waals surface area contributed by atoms with Gasteiger partial charge in [0.05, 0.1) is 0 Å². The van der Waals surface area contributed by atoms with Gasteiger partial charge >= 0.3 is 0 Å². The Morgan fingerprint density at radius 3 is 1.20 bits per heavy atom. The highest BCUT2D eigenvalue weighted by Gasteiger charge is 1.68. The Morgan fingerprint density at radius 2 is 1.20 bits per heavy atom. The molecule has 64 valence electrons. The lowest BCUT2D eigenvalue weighted by molar-refractivity contribution is 1.15. The highest BCUT2D eigenvalue weighted by atomic mass is 32.2. The van der Waals surface area contributed by atoms with Crippen molar-refractivity contribution < 1.29 is 0 Å². The molecule has 0 aliphatic rings. The zero-order valence-electron chi connectivity index (χ0n) is 6.80. The van der Waals surface area contributed by atoms with Crippen molar-refractivity contribution in [3.8, 4) is 0 Å². The van der Waals surface area contributed by atoms with Gasteiger partial charge in [0.2, 0.25) is 0 Å². The fourth-order valence-corrected chi connectivity index (χ4v) is 0.707. The molecule has 0 heterocycles. The molecule has 0 rings (SSSR count). The van der Waals surface area contributed by atoms with Gasteiger partial charge in [-0.2, -0.15) is 23.5 Å². The van der Waals surface area contributed by atoms with E-state index in [9.17, 15) is 0 Å². The van der Waals surface area contributed by atoms with Gasteiger partial charge in [0.25, 0.3) is 0 Å². The molecule has 0 aliphatic heterocycles. The van der Waals surface area contributed by atoms with Crippen LogP contribution < -0.4 is 11.5 Å². The molecule has 0 spiro atoms. The van der Waals surface area contributed by atoms with E-state index in [0.29, 0.717) is 0 Å². The van der Waals surface area contributed by atoms with E-state index in [1.807, 2.05) is 12.5 Å². The van der Waals surface area contributed by atoms with Crippen LogP contribution in [0.4, 0.5) is 0 Å². The molecule has 2 nitrogen and oxygen atoms in total. The molecule has 0 radical (unpaired) electrons. The van der Waals surface area contributed by atoms with E-state index in [2.05, 4.69) is 0 Å². The summed E-state index contributed by atoms with van der Waals surface area (Å²) < 4.78 is 0. The Labute approximate surface area is 72.5 Å². The van der Waals surface area contributed by atoms with Crippen molar-refractivity contribution in [2.75, 3.05) is 37.1 Å². The van der Waals surface area contributed by atoms with Gasteiger partial charge in [-0.15, -0.1) is 0 Å². The van der Waals surface area contributed by atoms with Crippen molar-refractivity contribution in [2.24, 2.45) is 11.5 Å². The fourth-order valence-electron chi connectivity index (χ4n) is 0.236. The Balaban J connectivity index is 0. The van der Waals surface area contributed by atoms with Gasteiger partial charge in [-0.1, -0.05) is 0 Å². The van der Waals surface area contributed by atoms with Gasteiger partial charge in [-0.25, -0.2) is 0 Å². The van der Waals surface area contributed by atoms with Crippen LogP contribution in [0.15, 0.2) is 0 Å². The van der Waals surface area contributed by atoms with E-state index in [1.165, 1.54) is 0 Å². The van der Waals surface area contributed by atoms with Crippen molar-refractivity contribution in [3.05, 3.63) is 0 Å². The Hall–Kier alpha value is 0.620. The first-order valence-electron chi connectivity index (χ1n) is 3.21. The molecule has 0 saturated carbocycles. The smallest absolute Gasteiger partial charge is 0.00530 e. The topological polar surface area (TPSA) is 52.0 Å². The van der Waals surface area contributed by atoms with Gasteiger partial charge in [0.15, 0.2) is 0 Å². The van der Waals surface area contributed by atoms with Crippen molar-refractivity contribution in [1.82, 2.24) is 0 Å². The zero-order chi connectivity index (χ0) is 8.24. The number of nitrogens with two attached hydrogens (primary N) is 2. The molecule has 0 aliphatic carbocycles. The van der Waals surface area contributed by atoms with Crippen LogP contribution >= 0.6 is 23.5 Å². The van der Waals surface area contributed by atoms with Crippen LogP contribution in [0.3, 0.4) is 0 Å². The van der Waals surface area contributed by atoms with Crippen molar-refractivity contribution in [3.63, 3.8) is 0 Å². The van der Waals surface area contributed by atoms with E-state index in [1.54, 1.807) is 23.5 Å². The minimum absolute atomic E-state index is 0.807. The third-order valence-electron chi connectivity index (χ3n) is 0.644. The summed E-state index contributed by atoms with van der Waals surface area (Å²) in [5.74, 6) is 2.17.